The molecule has 0 radical (unpaired) electrons. The number of aromatic nitrogens is 2. The molecule has 8 rings (SSSR count). The Bertz CT molecular complexity index is 2010. The van der Waals surface area contributed by atoms with Crippen LogP contribution in [0.5, 0.6) is 0 Å². The molecule has 2 heteroatoms. The monoisotopic (exact) mass is 514 g/mol. The second-order valence-electron chi connectivity index (χ2n) is 12.3. The van der Waals surface area contributed by atoms with Crippen LogP contribution in [0.15, 0.2) is 109 Å². The van der Waals surface area contributed by atoms with E-state index in [-0.39, 0.29) is 10.8 Å². The third-order valence-corrected chi connectivity index (χ3v) is 9.28. The largest absolute Gasteiger partial charge is 0.247 e. The summed E-state index contributed by atoms with van der Waals surface area (Å²) in [7, 11) is 0. The highest BCUT2D eigenvalue weighted by Gasteiger charge is 2.38. The highest BCUT2D eigenvalue weighted by atomic mass is 14.8. The van der Waals surface area contributed by atoms with Crippen molar-refractivity contribution in [1.82, 2.24) is 9.97 Å². The van der Waals surface area contributed by atoms with Gasteiger partial charge in [0.2, 0.25) is 0 Å². The number of pyridine rings is 2. The molecule has 2 aromatic heterocycles. The Balaban J connectivity index is 1.26. The molecule has 2 heterocycles. The maximum atomic E-state index is 5.29. The lowest BCUT2D eigenvalue weighted by Gasteiger charge is -2.21. The second kappa shape index (κ2) is 7.99. The Kier molecular flexibility index (Phi) is 4.66. The number of hydrogen-bond acceptors (Lipinski definition) is 2. The maximum absolute atomic E-state index is 5.29. The summed E-state index contributed by atoms with van der Waals surface area (Å²) in [5.41, 5.74) is 14.0. The van der Waals surface area contributed by atoms with Crippen LogP contribution in [0.4, 0.5) is 0 Å². The normalized spacial score (nSPS) is 15.4. The standard InChI is InChI=1S/C38H30N2/c1-37(2)29-12-8-7-11-27(29)35-31(37)17-20-34(39-35)26-15-16-30-28(22-26)36-32(38(30,3)4)18-19-33(40-36)25-14-13-23-9-5-6-10-24(23)21-25/h5-22H,1-4H3. The van der Waals surface area contributed by atoms with Gasteiger partial charge in [0, 0.05) is 33.1 Å². The fourth-order valence-corrected chi connectivity index (χ4v) is 6.98. The van der Waals surface area contributed by atoms with E-state index in [1.165, 1.54) is 44.2 Å². The summed E-state index contributed by atoms with van der Waals surface area (Å²) in [5.74, 6) is 0. The summed E-state index contributed by atoms with van der Waals surface area (Å²) in [6.45, 7) is 9.21. The molecule has 4 aromatic carbocycles. The molecule has 2 nitrogen and oxygen atoms in total. The highest BCUT2D eigenvalue weighted by Crippen LogP contribution is 2.51. The van der Waals surface area contributed by atoms with Crippen molar-refractivity contribution in [3.05, 3.63) is 131 Å². The van der Waals surface area contributed by atoms with Crippen LogP contribution in [0.3, 0.4) is 0 Å². The van der Waals surface area contributed by atoms with Gasteiger partial charge >= 0.3 is 0 Å². The number of nitrogens with zero attached hydrogens (tertiary/aromatic N) is 2. The van der Waals surface area contributed by atoms with Crippen molar-refractivity contribution >= 4 is 10.8 Å². The maximum Gasteiger partial charge on any atom is 0.0753 e. The highest BCUT2D eigenvalue weighted by molar-refractivity contribution is 5.88. The van der Waals surface area contributed by atoms with Crippen LogP contribution in [0, 0.1) is 0 Å². The summed E-state index contributed by atoms with van der Waals surface area (Å²) in [6, 6.07) is 39.6. The van der Waals surface area contributed by atoms with Crippen molar-refractivity contribution < 1.29 is 0 Å². The first-order chi connectivity index (χ1) is 19.3. The average Bonchev–Trinajstić information content (AvgIpc) is 3.35. The molecule has 6 aromatic rings. The number of fused-ring (bicyclic) bond motifs is 7. The minimum Gasteiger partial charge on any atom is -0.247 e. The van der Waals surface area contributed by atoms with Crippen molar-refractivity contribution in [3.8, 4) is 45.0 Å². The van der Waals surface area contributed by atoms with Gasteiger partial charge in [-0.15, -0.1) is 0 Å². The third-order valence-electron chi connectivity index (χ3n) is 9.28. The zero-order valence-corrected chi connectivity index (χ0v) is 23.3. The Morgan fingerprint density at radius 2 is 0.950 bits per heavy atom. The zero-order valence-electron chi connectivity index (χ0n) is 23.3. The SMILES string of the molecule is CC1(C)c2ccccc2-c2nc(-c3ccc4c(c3)-c3nc(-c5ccc6ccccc6c5)ccc3C4(C)C)ccc21. The minimum absolute atomic E-state index is 0.0402. The van der Waals surface area contributed by atoms with E-state index in [0.717, 1.165) is 33.9 Å². The number of benzene rings is 4. The van der Waals surface area contributed by atoms with E-state index in [1.54, 1.807) is 0 Å². The van der Waals surface area contributed by atoms with Gasteiger partial charge in [0.25, 0.3) is 0 Å². The van der Waals surface area contributed by atoms with Gasteiger partial charge in [-0.25, -0.2) is 9.97 Å². The van der Waals surface area contributed by atoms with Gasteiger partial charge in [0.15, 0.2) is 0 Å². The van der Waals surface area contributed by atoms with Gasteiger partial charge < -0.3 is 0 Å². The summed E-state index contributed by atoms with van der Waals surface area (Å²) in [5, 5.41) is 2.48. The first kappa shape index (κ1) is 23.3. The predicted molar refractivity (Wildman–Crippen MR) is 166 cm³/mol. The fraction of sp³-hybridized carbons (Fsp3) is 0.158. The van der Waals surface area contributed by atoms with Crippen LogP contribution in [0.25, 0.3) is 55.8 Å². The smallest absolute Gasteiger partial charge is 0.0753 e. The van der Waals surface area contributed by atoms with Crippen molar-refractivity contribution in [2.75, 3.05) is 0 Å². The molecule has 2 aliphatic carbocycles. The van der Waals surface area contributed by atoms with Crippen LogP contribution in [-0.2, 0) is 10.8 Å². The first-order valence-electron chi connectivity index (χ1n) is 14.1. The van der Waals surface area contributed by atoms with E-state index in [1.807, 2.05) is 0 Å². The lowest BCUT2D eigenvalue weighted by Crippen LogP contribution is -2.15. The van der Waals surface area contributed by atoms with Gasteiger partial charge in [-0.05, 0) is 57.3 Å². The second-order valence-corrected chi connectivity index (χ2v) is 12.3. The van der Waals surface area contributed by atoms with Gasteiger partial charge in [-0.3, -0.25) is 0 Å². The molecule has 0 bridgehead atoms. The van der Waals surface area contributed by atoms with Gasteiger partial charge in [0.05, 0.1) is 22.8 Å². The molecular formula is C38H30N2. The first-order valence-corrected chi connectivity index (χ1v) is 14.1. The quantitative estimate of drug-likeness (QED) is 0.230. The van der Waals surface area contributed by atoms with Gasteiger partial charge in [0.1, 0.15) is 0 Å². The van der Waals surface area contributed by atoms with Crippen LogP contribution in [0.1, 0.15) is 49.9 Å². The fourth-order valence-electron chi connectivity index (χ4n) is 6.98. The summed E-state index contributed by atoms with van der Waals surface area (Å²) in [4.78, 5) is 10.5. The van der Waals surface area contributed by atoms with Gasteiger partial charge in [-0.1, -0.05) is 113 Å². The molecule has 0 saturated carbocycles. The molecule has 0 aliphatic heterocycles. The van der Waals surface area contributed by atoms with Crippen molar-refractivity contribution in [3.63, 3.8) is 0 Å². The predicted octanol–water partition coefficient (Wildman–Crippen LogP) is 9.58. The zero-order chi connectivity index (χ0) is 27.2. The Morgan fingerprint density at radius 3 is 1.68 bits per heavy atom. The van der Waals surface area contributed by atoms with Crippen LogP contribution in [0.2, 0.25) is 0 Å². The third kappa shape index (κ3) is 3.17. The lowest BCUT2D eigenvalue weighted by atomic mass is 9.82. The average molecular weight is 515 g/mol. The molecular weight excluding hydrogens is 484 g/mol. The van der Waals surface area contributed by atoms with Crippen LogP contribution >= 0.6 is 0 Å². The molecule has 0 N–H and O–H groups in total. The Morgan fingerprint density at radius 1 is 0.425 bits per heavy atom. The number of hydrogen-bond donors (Lipinski definition) is 0. The van der Waals surface area contributed by atoms with E-state index in [2.05, 4.69) is 137 Å². The van der Waals surface area contributed by atoms with Crippen molar-refractivity contribution in [1.29, 1.82) is 0 Å². The summed E-state index contributed by atoms with van der Waals surface area (Å²) >= 11 is 0. The van der Waals surface area contributed by atoms with Crippen LogP contribution < -0.4 is 0 Å². The van der Waals surface area contributed by atoms with Crippen molar-refractivity contribution in [2.24, 2.45) is 0 Å². The molecule has 0 fully saturated rings. The molecule has 40 heavy (non-hydrogen) atoms. The molecule has 0 unspecified atom stereocenters. The van der Waals surface area contributed by atoms with E-state index in [9.17, 15) is 0 Å². The van der Waals surface area contributed by atoms with E-state index in [4.69, 9.17) is 9.97 Å². The molecule has 2 aliphatic rings. The van der Waals surface area contributed by atoms with E-state index >= 15 is 0 Å². The van der Waals surface area contributed by atoms with Gasteiger partial charge in [-0.2, -0.15) is 0 Å². The van der Waals surface area contributed by atoms with Crippen molar-refractivity contribution in [2.45, 2.75) is 38.5 Å². The van der Waals surface area contributed by atoms with Crippen LogP contribution in [-0.4, -0.2) is 9.97 Å². The molecule has 0 amide bonds. The molecule has 0 saturated heterocycles. The Hall–Kier alpha value is -4.56. The Labute approximate surface area is 235 Å². The van der Waals surface area contributed by atoms with E-state index in [0.29, 0.717) is 0 Å². The summed E-state index contributed by atoms with van der Waals surface area (Å²) in [6.07, 6.45) is 0. The molecule has 0 atom stereocenters. The lowest BCUT2D eigenvalue weighted by molar-refractivity contribution is 0.658. The summed E-state index contributed by atoms with van der Waals surface area (Å²) < 4.78 is 0. The topological polar surface area (TPSA) is 25.8 Å². The number of rotatable bonds is 2. The van der Waals surface area contributed by atoms with E-state index < -0.39 is 0 Å². The molecule has 0 spiro atoms. The molecule has 192 valence electrons. The minimum atomic E-state index is -0.105.